The lowest BCUT2D eigenvalue weighted by Gasteiger charge is -2.59. The molecule has 8 aromatic carbocycles. The van der Waals surface area contributed by atoms with E-state index >= 15 is 0 Å². The van der Waals surface area contributed by atoms with Gasteiger partial charge in [-0.2, -0.15) is 0 Å². The number of benzene rings is 8. The predicted molar refractivity (Wildman–Crippen MR) is 256 cm³/mol. The van der Waals surface area contributed by atoms with Crippen LogP contribution in [0.25, 0.3) is 69.6 Å². The highest BCUT2D eigenvalue weighted by molar-refractivity contribution is 7.26. The van der Waals surface area contributed by atoms with E-state index in [2.05, 4.69) is 193 Å². The summed E-state index contributed by atoms with van der Waals surface area (Å²) < 4.78 is 5.33. The highest BCUT2D eigenvalue weighted by Crippen LogP contribution is 2.65. The van der Waals surface area contributed by atoms with Crippen molar-refractivity contribution >= 4 is 81.1 Å². The van der Waals surface area contributed by atoms with Gasteiger partial charge in [-0.25, -0.2) is 0 Å². The largest absolute Gasteiger partial charge is 0.310 e. The van der Waals surface area contributed by atoms with Gasteiger partial charge in [0.25, 0.3) is 0 Å². The van der Waals surface area contributed by atoms with Crippen LogP contribution in [0.15, 0.2) is 170 Å². The van der Waals surface area contributed by atoms with Gasteiger partial charge in [-0.15, -0.1) is 11.3 Å². The fraction of sp³-hybridized carbons (Fsp3) is 0.193. The molecule has 2 saturated carbocycles. The van der Waals surface area contributed by atoms with Crippen molar-refractivity contribution in [3.05, 3.63) is 181 Å². The molecule has 3 heteroatoms. The lowest BCUT2D eigenvalue weighted by atomic mass is 9.46. The average molecular weight is 791 g/mol. The number of hydrogen-bond acceptors (Lipinski definition) is 2. The Labute approximate surface area is 355 Å². The van der Waals surface area contributed by atoms with E-state index in [0.29, 0.717) is 11.8 Å². The lowest BCUT2D eigenvalue weighted by Crippen LogP contribution is -2.53. The first-order valence-electron chi connectivity index (χ1n) is 22.0. The van der Waals surface area contributed by atoms with E-state index in [-0.39, 0.29) is 5.41 Å². The summed E-state index contributed by atoms with van der Waals surface area (Å²) in [5.41, 5.74) is 13.2. The molecule has 1 spiro atoms. The molecule has 3 aliphatic rings. The zero-order valence-electron chi connectivity index (χ0n) is 34.1. The minimum atomic E-state index is -0.00655. The van der Waals surface area contributed by atoms with Crippen LogP contribution in [-0.4, -0.2) is 4.57 Å². The quantitative estimate of drug-likeness (QED) is 0.172. The van der Waals surface area contributed by atoms with Crippen LogP contribution in [0.5, 0.6) is 0 Å². The van der Waals surface area contributed by atoms with Gasteiger partial charge in [-0.3, -0.25) is 0 Å². The lowest BCUT2D eigenvalue weighted by molar-refractivity contribution is 0.0271. The van der Waals surface area contributed by atoms with Crippen molar-refractivity contribution < 1.29 is 0 Å². The zero-order chi connectivity index (χ0) is 39.7. The smallest absolute Gasteiger partial charge is 0.0603 e. The van der Waals surface area contributed by atoms with Gasteiger partial charge in [-0.05, 0) is 131 Å². The average Bonchev–Trinajstić information content (AvgIpc) is 3.83. The van der Waals surface area contributed by atoms with Gasteiger partial charge >= 0.3 is 0 Å². The Kier molecular flexibility index (Phi) is 7.47. The topological polar surface area (TPSA) is 8.17 Å². The van der Waals surface area contributed by atoms with Crippen LogP contribution in [0.2, 0.25) is 0 Å². The van der Waals surface area contributed by atoms with Crippen LogP contribution in [0, 0.1) is 23.7 Å². The molecule has 0 saturated heterocycles. The Morgan fingerprint density at radius 2 is 1.23 bits per heavy atom. The molecule has 290 valence electrons. The van der Waals surface area contributed by atoms with Gasteiger partial charge in [-0.1, -0.05) is 135 Å². The van der Waals surface area contributed by atoms with E-state index < -0.39 is 0 Å². The Hall–Kier alpha value is -6.16. The monoisotopic (exact) mass is 790 g/mol. The van der Waals surface area contributed by atoms with Crippen molar-refractivity contribution in [3.63, 3.8) is 0 Å². The molecule has 0 atom stereocenters. The molecular weight excluding hydrogens is 745 g/mol. The maximum Gasteiger partial charge on any atom is 0.0603 e. The van der Waals surface area contributed by atoms with Crippen LogP contribution in [0.1, 0.15) is 50.7 Å². The van der Waals surface area contributed by atoms with E-state index in [1.54, 1.807) is 11.1 Å². The number of thiophene rings is 1. The van der Waals surface area contributed by atoms with Crippen molar-refractivity contribution in [2.24, 2.45) is 23.7 Å². The number of hydrogen-bond donors (Lipinski definition) is 0. The fourth-order valence-electron chi connectivity index (χ4n) is 12.8. The van der Waals surface area contributed by atoms with E-state index in [4.69, 9.17) is 0 Å². The molecule has 2 bridgehead atoms. The summed E-state index contributed by atoms with van der Waals surface area (Å²) >= 11 is 1.90. The maximum absolute atomic E-state index is 2.65. The van der Waals surface area contributed by atoms with Gasteiger partial charge in [0.05, 0.1) is 22.4 Å². The van der Waals surface area contributed by atoms with Crippen LogP contribution in [0.4, 0.5) is 17.1 Å². The summed E-state index contributed by atoms with van der Waals surface area (Å²) in [6, 6.07) is 64.6. The van der Waals surface area contributed by atoms with Gasteiger partial charge in [0.15, 0.2) is 0 Å². The Morgan fingerprint density at radius 1 is 0.550 bits per heavy atom. The zero-order valence-corrected chi connectivity index (χ0v) is 34.9. The SMILES string of the molecule is CC1C[C@H]2CC(C)C[C@H](C1)C21c2ccccc2-n2c3ccccc3c3c(N(c4cccc(-c5cccc6c5sc5ccccc56)c4)c4ccc5ccccc5c4)ccc1c32. The van der Waals surface area contributed by atoms with Crippen molar-refractivity contribution in [2.75, 3.05) is 4.90 Å². The number of nitrogens with zero attached hydrogens (tertiary/aromatic N) is 2. The molecule has 2 nitrogen and oxygen atoms in total. The second kappa shape index (κ2) is 12.9. The Morgan fingerprint density at radius 3 is 2.08 bits per heavy atom. The van der Waals surface area contributed by atoms with E-state index in [9.17, 15) is 0 Å². The van der Waals surface area contributed by atoms with Crippen molar-refractivity contribution in [1.29, 1.82) is 0 Å². The first-order valence-corrected chi connectivity index (χ1v) is 22.8. The molecule has 0 amide bonds. The summed E-state index contributed by atoms with van der Waals surface area (Å²) in [5, 5.41) is 7.83. The molecule has 0 unspecified atom stereocenters. The van der Waals surface area contributed by atoms with Crippen molar-refractivity contribution in [3.8, 4) is 16.8 Å². The summed E-state index contributed by atoms with van der Waals surface area (Å²) in [6.07, 6.45) is 5.17. The second-order valence-corrected chi connectivity index (χ2v) is 19.4. The third-order valence-corrected chi connectivity index (χ3v) is 16.1. The first kappa shape index (κ1) is 34.7. The predicted octanol–water partition coefficient (Wildman–Crippen LogP) is 16.1. The summed E-state index contributed by atoms with van der Waals surface area (Å²) in [4.78, 5) is 2.57. The van der Waals surface area contributed by atoms with Crippen LogP contribution >= 0.6 is 11.3 Å². The highest BCUT2D eigenvalue weighted by Gasteiger charge is 2.57. The molecule has 2 aliphatic carbocycles. The highest BCUT2D eigenvalue weighted by atomic mass is 32.1. The summed E-state index contributed by atoms with van der Waals surface area (Å²) in [6.45, 7) is 5.04. The van der Waals surface area contributed by atoms with E-state index in [0.717, 1.165) is 17.5 Å². The molecule has 13 rings (SSSR count). The van der Waals surface area contributed by atoms with Gasteiger partial charge in [0.1, 0.15) is 0 Å². The fourth-order valence-corrected chi connectivity index (χ4v) is 14.1. The molecule has 2 fully saturated rings. The summed E-state index contributed by atoms with van der Waals surface area (Å²) in [5.74, 6) is 2.73. The van der Waals surface area contributed by atoms with Crippen LogP contribution < -0.4 is 4.90 Å². The van der Waals surface area contributed by atoms with E-state index in [1.807, 2.05) is 11.3 Å². The molecule has 10 aromatic rings. The third kappa shape index (κ3) is 4.76. The normalized spacial score (nSPS) is 22.0. The molecule has 0 radical (unpaired) electrons. The van der Waals surface area contributed by atoms with Crippen LogP contribution in [-0.2, 0) is 5.41 Å². The number of para-hydroxylation sites is 2. The Bertz CT molecular complexity index is 3340. The second-order valence-electron chi connectivity index (χ2n) is 18.3. The third-order valence-electron chi connectivity index (χ3n) is 14.9. The maximum atomic E-state index is 2.65. The molecule has 60 heavy (non-hydrogen) atoms. The van der Waals surface area contributed by atoms with Crippen LogP contribution in [0.3, 0.4) is 0 Å². The number of fused-ring (bicyclic) bond motifs is 9. The first-order chi connectivity index (χ1) is 29.6. The van der Waals surface area contributed by atoms with Crippen molar-refractivity contribution in [1.82, 2.24) is 4.57 Å². The molecule has 3 heterocycles. The number of rotatable bonds is 4. The van der Waals surface area contributed by atoms with Crippen molar-refractivity contribution in [2.45, 2.75) is 44.9 Å². The van der Waals surface area contributed by atoms with Gasteiger partial charge in [0.2, 0.25) is 0 Å². The number of aromatic nitrogens is 1. The Balaban J connectivity index is 1.11. The summed E-state index contributed by atoms with van der Waals surface area (Å²) in [7, 11) is 0. The molecular formula is C57H46N2S. The van der Waals surface area contributed by atoms with Gasteiger partial charge < -0.3 is 9.47 Å². The molecule has 2 aromatic heterocycles. The molecule has 0 N–H and O–H groups in total. The minimum Gasteiger partial charge on any atom is -0.310 e. The molecule has 1 aliphatic heterocycles. The van der Waals surface area contributed by atoms with E-state index in [1.165, 1.54) is 107 Å². The number of anilines is 3. The minimum absolute atomic E-state index is 0.00655. The standard InChI is InChI=1S/C57H46N2S/c1-35-29-40-31-36(2)32-41(30-35)57(40)48-21-7-9-23-51(48)59-50-22-8-5-18-47(50)54-52(28-27-49(57)55(54)59)58(43-26-25-37-13-3-4-14-38(37)33-43)42-16-11-15-39(34-42)44-19-12-20-46-45-17-6-10-24-53(45)60-56(44)46/h3-28,33-36,40-41H,29-32H2,1-2H3/t35?,36?,40-,41-,57?. The van der Waals surface area contributed by atoms with Gasteiger partial charge in [0, 0.05) is 47.7 Å².